The Kier molecular flexibility index (Phi) is 5.67. The fraction of sp³-hybridized carbons (Fsp3) is 0.533. The first-order valence-electron chi connectivity index (χ1n) is 7.71. The topological polar surface area (TPSA) is 101 Å². The Bertz CT molecular complexity index is 818. The molecule has 134 valence electrons. The lowest BCUT2D eigenvalue weighted by Crippen LogP contribution is -2.46. The van der Waals surface area contributed by atoms with Gasteiger partial charge in [-0.25, -0.2) is 21.6 Å². The minimum atomic E-state index is -3.79. The maximum absolute atomic E-state index is 12.3. The van der Waals surface area contributed by atoms with Crippen LogP contribution >= 0.6 is 0 Å². The van der Waals surface area contributed by atoms with Crippen LogP contribution in [0.2, 0.25) is 0 Å². The van der Waals surface area contributed by atoms with Gasteiger partial charge in [0.15, 0.2) is 9.84 Å². The third-order valence-electron chi connectivity index (χ3n) is 4.11. The predicted octanol–water partition coefficient (Wildman–Crippen LogP) is 0.309. The largest absolute Gasteiger partial charge is 0.338 e. The number of rotatable bonds is 6. The maximum atomic E-state index is 12.3. The third-order valence-corrected chi connectivity index (χ3v) is 7.42. The van der Waals surface area contributed by atoms with Crippen molar-refractivity contribution >= 4 is 25.8 Å². The number of likely N-dealkylation sites (N-methyl/N-ethyl adjacent to an activating group) is 1. The van der Waals surface area contributed by atoms with Crippen molar-refractivity contribution in [3.63, 3.8) is 0 Å². The summed E-state index contributed by atoms with van der Waals surface area (Å²) in [6.07, 6.45) is 0.395. The van der Waals surface area contributed by atoms with Gasteiger partial charge in [-0.2, -0.15) is 0 Å². The van der Waals surface area contributed by atoms with Crippen molar-refractivity contribution < 1.29 is 21.6 Å². The van der Waals surface area contributed by atoms with E-state index in [1.165, 1.54) is 11.0 Å². The van der Waals surface area contributed by atoms with Crippen LogP contribution in [-0.4, -0.2) is 58.3 Å². The summed E-state index contributed by atoms with van der Waals surface area (Å²) < 4.78 is 50.1. The van der Waals surface area contributed by atoms with Gasteiger partial charge in [0.2, 0.25) is 15.9 Å². The summed E-state index contributed by atoms with van der Waals surface area (Å²) in [5.74, 6) is -0.412. The van der Waals surface area contributed by atoms with Gasteiger partial charge < -0.3 is 4.90 Å². The molecule has 0 bridgehead atoms. The molecular weight excluding hydrogens is 352 g/mol. The molecule has 1 aromatic rings. The smallest absolute Gasteiger partial charge is 0.241 e. The zero-order chi connectivity index (χ0) is 18.0. The van der Waals surface area contributed by atoms with Crippen molar-refractivity contribution in [1.82, 2.24) is 9.62 Å². The molecule has 1 amide bonds. The standard InChI is InChI=1S/C15H22N2O5S2/c1-3-17(13-8-9-23(19,20)11-13)15(18)10-16-24(21,22)14-7-5-4-6-12(14)2/h4-7,13,16H,3,8-11H2,1-2H3. The van der Waals surface area contributed by atoms with Crippen molar-refractivity contribution in [2.24, 2.45) is 0 Å². The average Bonchev–Trinajstić information content (AvgIpc) is 2.86. The Hall–Kier alpha value is -1.45. The molecular formula is C15H22N2O5S2. The first-order chi connectivity index (χ1) is 11.2. The van der Waals surface area contributed by atoms with Gasteiger partial charge in [-0.15, -0.1) is 0 Å². The Morgan fingerprint density at radius 1 is 1.33 bits per heavy atom. The molecule has 0 aliphatic carbocycles. The Labute approximate surface area is 143 Å². The lowest BCUT2D eigenvalue weighted by molar-refractivity contribution is -0.131. The highest BCUT2D eigenvalue weighted by Gasteiger charge is 2.34. The lowest BCUT2D eigenvalue weighted by atomic mass is 10.2. The summed E-state index contributed by atoms with van der Waals surface area (Å²) in [6, 6.07) is 6.13. The number of sulfonamides is 1. The monoisotopic (exact) mass is 374 g/mol. The highest BCUT2D eigenvalue weighted by molar-refractivity contribution is 7.91. The van der Waals surface area contributed by atoms with E-state index in [2.05, 4.69) is 4.72 Å². The summed E-state index contributed by atoms with van der Waals surface area (Å²) in [6.45, 7) is 3.38. The van der Waals surface area contributed by atoms with Gasteiger partial charge in [0, 0.05) is 12.6 Å². The second-order valence-corrected chi connectivity index (χ2v) is 9.79. The molecule has 0 saturated carbocycles. The van der Waals surface area contributed by atoms with Crippen molar-refractivity contribution in [2.45, 2.75) is 31.2 Å². The highest BCUT2D eigenvalue weighted by atomic mass is 32.2. The number of nitrogens with one attached hydrogen (secondary N) is 1. The molecule has 1 atom stereocenters. The molecule has 1 aliphatic rings. The molecule has 1 fully saturated rings. The number of carbonyl (C=O) groups is 1. The number of aryl methyl sites for hydroxylation is 1. The fourth-order valence-corrected chi connectivity index (χ4v) is 5.80. The first-order valence-corrected chi connectivity index (χ1v) is 11.0. The Balaban J connectivity index is 2.05. The van der Waals surface area contributed by atoms with Crippen LogP contribution in [0, 0.1) is 6.92 Å². The summed E-state index contributed by atoms with van der Waals surface area (Å²) in [7, 11) is -6.90. The summed E-state index contributed by atoms with van der Waals surface area (Å²) in [5, 5.41) is 0. The Morgan fingerprint density at radius 2 is 2.00 bits per heavy atom. The molecule has 1 heterocycles. The van der Waals surface area contributed by atoms with Crippen LogP contribution < -0.4 is 4.72 Å². The molecule has 24 heavy (non-hydrogen) atoms. The van der Waals surface area contributed by atoms with E-state index in [1.54, 1.807) is 32.0 Å². The summed E-state index contributed by atoms with van der Waals surface area (Å²) in [4.78, 5) is 13.9. The quantitative estimate of drug-likeness (QED) is 0.772. The Morgan fingerprint density at radius 3 is 2.54 bits per heavy atom. The van der Waals surface area contributed by atoms with Gasteiger partial charge in [-0.3, -0.25) is 4.79 Å². The third kappa shape index (κ3) is 4.34. The van der Waals surface area contributed by atoms with E-state index in [0.29, 0.717) is 18.5 Å². The summed E-state index contributed by atoms with van der Waals surface area (Å²) in [5.41, 5.74) is 0.590. The normalized spacial score (nSPS) is 20.0. The van der Waals surface area contributed by atoms with Crippen LogP contribution in [0.5, 0.6) is 0 Å². The average molecular weight is 374 g/mol. The van der Waals surface area contributed by atoms with Crippen molar-refractivity contribution in [1.29, 1.82) is 0 Å². The number of hydrogen-bond acceptors (Lipinski definition) is 5. The van der Waals surface area contributed by atoms with E-state index >= 15 is 0 Å². The lowest BCUT2D eigenvalue weighted by Gasteiger charge is -2.27. The SMILES string of the molecule is CCN(C(=O)CNS(=O)(=O)c1ccccc1C)C1CCS(=O)(=O)C1. The van der Waals surface area contributed by atoms with Gasteiger partial charge in [0.25, 0.3) is 0 Å². The molecule has 1 saturated heterocycles. The van der Waals surface area contributed by atoms with Crippen LogP contribution in [0.1, 0.15) is 18.9 Å². The van der Waals surface area contributed by atoms with E-state index in [-0.39, 0.29) is 29.0 Å². The molecule has 1 N–H and O–H groups in total. The predicted molar refractivity (Wildman–Crippen MR) is 90.8 cm³/mol. The molecule has 1 aromatic carbocycles. The van der Waals surface area contributed by atoms with Gasteiger partial charge in [-0.05, 0) is 31.9 Å². The van der Waals surface area contributed by atoms with Crippen molar-refractivity contribution in [3.8, 4) is 0 Å². The van der Waals surface area contributed by atoms with Gasteiger partial charge in [0.05, 0.1) is 22.9 Å². The van der Waals surface area contributed by atoms with Crippen LogP contribution in [0.15, 0.2) is 29.2 Å². The molecule has 1 aliphatic heterocycles. The molecule has 7 nitrogen and oxygen atoms in total. The number of sulfone groups is 1. The second-order valence-electron chi connectivity index (χ2n) is 5.83. The molecule has 1 unspecified atom stereocenters. The van der Waals surface area contributed by atoms with E-state index in [0.717, 1.165) is 0 Å². The van der Waals surface area contributed by atoms with Crippen LogP contribution in [0.4, 0.5) is 0 Å². The van der Waals surface area contributed by atoms with Crippen LogP contribution in [-0.2, 0) is 24.7 Å². The van der Waals surface area contributed by atoms with E-state index in [9.17, 15) is 21.6 Å². The molecule has 9 heteroatoms. The number of hydrogen-bond donors (Lipinski definition) is 1. The minimum absolute atomic E-state index is 0.0584. The maximum Gasteiger partial charge on any atom is 0.241 e. The van der Waals surface area contributed by atoms with E-state index in [1.807, 2.05) is 0 Å². The molecule has 0 spiro atoms. The van der Waals surface area contributed by atoms with Crippen molar-refractivity contribution in [2.75, 3.05) is 24.6 Å². The molecule has 0 aromatic heterocycles. The summed E-state index contributed by atoms with van der Waals surface area (Å²) >= 11 is 0. The van der Waals surface area contributed by atoms with Gasteiger partial charge >= 0.3 is 0 Å². The van der Waals surface area contributed by atoms with Gasteiger partial charge in [-0.1, -0.05) is 18.2 Å². The number of carbonyl (C=O) groups excluding carboxylic acids is 1. The number of nitrogens with zero attached hydrogens (tertiary/aromatic N) is 1. The zero-order valence-corrected chi connectivity index (χ0v) is 15.4. The first kappa shape index (κ1) is 18.9. The second kappa shape index (κ2) is 7.20. The molecule has 2 rings (SSSR count). The zero-order valence-electron chi connectivity index (χ0n) is 13.7. The van der Waals surface area contributed by atoms with Crippen LogP contribution in [0.25, 0.3) is 0 Å². The molecule has 0 radical (unpaired) electrons. The highest BCUT2D eigenvalue weighted by Crippen LogP contribution is 2.18. The fourth-order valence-electron chi connectivity index (χ4n) is 2.85. The van der Waals surface area contributed by atoms with Crippen LogP contribution in [0.3, 0.4) is 0 Å². The van der Waals surface area contributed by atoms with Crippen molar-refractivity contribution in [3.05, 3.63) is 29.8 Å². The van der Waals surface area contributed by atoms with E-state index in [4.69, 9.17) is 0 Å². The van der Waals surface area contributed by atoms with Gasteiger partial charge in [0.1, 0.15) is 0 Å². The van der Waals surface area contributed by atoms with E-state index < -0.39 is 25.8 Å². The minimum Gasteiger partial charge on any atom is -0.338 e. The number of benzene rings is 1. The number of amides is 1.